The second-order valence-electron chi connectivity index (χ2n) is 7.01. The van der Waals surface area contributed by atoms with E-state index in [4.69, 9.17) is 0 Å². The minimum atomic E-state index is -1.09. The summed E-state index contributed by atoms with van der Waals surface area (Å²) in [6.45, 7) is 6.78. The lowest BCUT2D eigenvalue weighted by Gasteiger charge is -2.50. The summed E-state index contributed by atoms with van der Waals surface area (Å²) in [7, 11) is 0. The molecule has 1 saturated carbocycles. The van der Waals surface area contributed by atoms with Gasteiger partial charge in [-0.25, -0.2) is 0 Å². The Kier molecular flexibility index (Phi) is 3.03. The summed E-state index contributed by atoms with van der Waals surface area (Å²) in [5.41, 5.74) is 2.21. The van der Waals surface area contributed by atoms with E-state index in [0.717, 1.165) is 17.7 Å². The van der Waals surface area contributed by atoms with E-state index in [1.807, 2.05) is 6.07 Å². The summed E-state index contributed by atoms with van der Waals surface area (Å²) >= 11 is 0. The lowest BCUT2D eigenvalue weighted by atomic mass is 9.61. The number of carboxylic acids is 1. The van der Waals surface area contributed by atoms with Crippen LogP contribution in [0.15, 0.2) is 18.2 Å². The number of nitrogens with one attached hydrogen (secondary N) is 1. The average molecular weight is 272 g/mol. The van der Waals surface area contributed by atoms with Crippen molar-refractivity contribution in [2.24, 2.45) is 11.8 Å². The SMILES string of the molecule is C[C@H]1CC[C@H]2[C@H](C1)Nc1c(C(=O)[O-])cccc1C2(C)C. The third-order valence-corrected chi connectivity index (χ3v) is 5.35. The Morgan fingerprint density at radius 1 is 1.35 bits per heavy atom. The van der Waals surface area contributed by atoms with Gasteiger partial charge in [0.05, 0.1) is 5.97 Å². The smallest absolute Gasteiger partial charge is 0.0736 e. The highest BCUT2D eigenvalue weighted by atomic mass is 16.4. The largest absolute Gasteiger partial charge is 0.545 e. The number of hydrogen-bond acceptors (Lipinski definition) is 3. The van der Waals surface area contributed by atoms with Crippen LogP contribution < -0.4 is 10.4 Å². The standard InChI is InChI=1S/C17H23NO2/c1-10-7-8-12-14(9-10)18-15-11(16(19)20)5-4-6-13(15)17(12,2)3/h4-6,10,12,14,18H,7-9H2,1-3H3,(H,19,20)/p-1/t10-,12-,14-/m0/s1. The highest BCUT2D eigenvalue weighted by Gasteiger charge is 2.44. The molecule has 1 N–H and O–H groups in total. The van der Waals surface area contributed by atoms with Gasteiger partial charge >= 0.3 is 0 Å². The number of rotatable bonds is 1. The monoisotopic (exact) mass is 272 g/mol. The maximum atomic E-state index is 11.4. The van der Waals surface area contributed by atoms with Crippen molar-refractivity contribution in [3.8, 4) is 0 Å². The van der Waals surface area contributed by atoms with Gasteiger partial charge in [0, 0.05) is 17.3 Å². The molecular weight excluding hydrogens is 250 g/mol. The lowest BCUT2D eigenvalue weighted by Crippen LogP contribution is -2.49. The van der Waals surface area contributed by atoms with Gasteiger partial charge in [0.1, 0.15) is 0 Å². The molecule has 0 aromatic heterocycles. The molecule has 3 atom stereocenters. The van der Waals surface area contributed by atoms with Crippen molar-refractivity contribution in [2.75, 3.05) is 5.32 Å². The molecule has 3 rings (SSSR count). The molecule has 0 radical (unpaired) electrons. The van der Waals surface area contributed by atoms with Crippen molar-refractivity contribution in [2.45, 2.75) is 51.5 Å². The van der Waals surface area contributed by atoms with Crippen LogP contribution in [0.4, 0.5) is 5.69 Å². The highest BCUT2D eigenvalue weighted by molar-refractivity contribution is 5.94. The van der Waals surface area contributed by atoms with E-state index >= 15 is 0 Å². The van der Waals surface area contributed by atoms with E-state index in [1.165, 1.54) is 12.8 Å². The van der Waals surface area contributed by atoms with Crippen LogP contribution in [0.25, 0.3) is 0 Å². The van der Waals surface area contributed by atoms with Gasteiger partial charge in [0.2, 0.25) is 0 Å². The first-order valence-electron chi connectivity index (χ1n) is 7.52. The van der Waals surface area contributed by atoms with E-state index in [1.54, 1.807) is 6.07 Å². The number of fused-ring (bicyclic) bond motifs is 2. The maximum Gasteiger partial charge on any atom is 0.0736 e. The molecule has 1 aromatic carbocycles. The predicted molar refractivity (Wildman–Crippen MR) is 77.7 cm³/mol. The van der Waals surface area contributed by atoms with Crippen LogP contribution in [0, 0.1) is 11.8 Å². The number of hydrogen-bond donors (Lipinski definition) is 1. The molecule has 3 nitrogen and oxygen atoms in total. The Morgan fingerprint density at radius 2 is 2.10 bits per heavy atom. The normalized spacial score (nSPS) is 30.9. The van der Waals surface area contributed by atoms with Crippen LogP contribution in [-0.2, 0) is 5.41 Å². The van der Waals surface area contributed by atoms with Crippen molar-refractivity contribution >= 4 is 11.7 Å². The molecule has 3 heteroatoms. The molecule has 0 amide bonds. The number of anilines is 1. The van der Waals surface area contributed by atoms with Crippen molar-refractivity contribution in [1.82, 2.24) is 0 Å². The molecule has 0 bridgehead atoms. The molecule has 0 spiro atoms. The van der Waals surface area contributed by atoms with Gasteiger partial charge in [-0.3, -0.25) is 0 Å². The Hall–Kier alpha value is -1.51. The number of carbonyl (C=O) groups is 1. The van der Waals surface area contributed by atoms with Gasteiger partial charge in [-0.15, -0.1) is 0 Å². The van der Waals surface area contributed by atoms with Gasteiger partial charge in [-0.2, -0.15) is 0 Å². The summed E-state index contributed by atoms with van der Waals surface area (Å²) in [4.78, 5) is 11.4. The Balaban J connectivity index is 2.11. The first-order valence-corrected chi connectivity index (χ1v) is 7.52. The van der Waals surface area contributed by atoms with E-state index < -0.39 is 5.97 Å². The third kappa shape index (κ3) is 1.91. The van der Waals surface area contributed by atoms with E-state index in [9.17, 15) is 9.90 Å². The molecule has 108 valence electrons. The second kappa shape index (κ2) is 4.51. The van der Waals surface area contributed by atoms with Crippen LogP contribution >= 0.6 is 0 Å². The number of benzene rings is 1. The van der Waals surface area contributed by atoms with E-state index in [0.29, 0.717) is 23.4 Å². The summed E-state index contributed by atoms with van der Waals surface area (Å²) < 4.78 is 0. The summed E-state index contributed by atoms with van der Waals surface area (Å²) in [6.07, 6.45) is 3.59. The van der Waals surface area contributed by atoms with Crippen molar-refractivity contribution in [1.29, 1.82) is 0 Å². The fraction of sp³-hybridized carbons (Fsp3) is 0.588. The predicted octanol–water partition coefficient (Wildman–Crippen LogP) is 2.56. The fourth-order valence-electron chi connectivity index (χ4n) is 4.20. The molecule has 1 aromatic rings. The minimum absolute atomic E-state index is 0.0108. The quantitative estimate of drug-likeness (QED) is 0.855. The van der Waals surface area contributed by atoms with Crippen LogP contribution in [0.1, 0.15) is 56.0 Å². The molecule has 20 heavy (non-hydrogen) atoms. The average Bonchev–Trinajstić information content (AvgIpc) is 2.37. The maximum absolute atomic E-state index is 11.4. The molecule has 2 aliphatic rings. The highest BCUT2D eigenvalue weighted by Crippen LogP contribution is 2.49. The zero-order valence-corrected chi connectivity index (χ0v) is 12.4. The third-order valence-electron chi connectivity index (χ3n) is 5.35. The first kappa shape index (κ1) is 13.5. The van der Waals surface area contributed by atoms with Crippen molar-refractivity contribution in [3.63, 3.8) is 0 Å². The molecule has 1 fully saturated rings. The Morgan fingerprint density at radius 3 is 2.80 bits per heavy atom. The van der Waals surface area contributed by atoms with Crippen molar-refractivity contribution < 1.29 is 9.90 Å². The number of para-hydroxylation sites is 1. The molecule has 1 heterocycles. The number of carboxylic acid groups (broad SMARTS) is 1. The zero-order valence-electron chi connectivity index (χ0n) is 12.4. The minimum Gasteiger partial charge on any atom is -0.545 e. The molecular formula is C17H22NO2-. The number of carbonyl (C=O) groups excluding carboxylic acids is 1. The second-order valence-corrected chi connectivity index (χ2v) is 7.01. The van der Waals surface area contributed by atoms with Gasteiger partial charge in [-0.05, 0) is 35.7 Å². The fourth-order valence-corrected chi connectivity index (χ4v) is 4.20. The molecule has 1 aliphatic heterocycles. The molecule has 0 saturated heterocycles. The Bertz CT molecular complexity index is 550. The zero-order chi connectivity index (χ0) is 14.5. The van der Waals surface area contributed by atoms with E-state index in [-0.39, 0.29) is 5.41 Å². The number of aromatic carboxylic acids is 1. The lowest BCUT2D eigenvalue weighted by molar-refractivity contribution is -0.254. The topological polar surface area (TPSA) is 52.2 Å². The summed E-state index contributed by atoms with van der Waals surface area (Å²) in [5, 5.41) is 14.9. The van der Waals surface area contributed by atoms with Crippen LogP contribution in [0.3, 0.4) is 0 Å². The molecule has 1 aliphatic carbocycles. The van der Waals surface area contributed by atoms with Crippen LogP contribution in [0.5, 0.6) is 0 Å². The molecule has 0 unspecified atom stereocenters. The summed E-state index contributed by atoms with van der Waals surface area (Å²) in [6, 6.07) is 5.91. The van der Waals surface area contributed by atoms with E-state index in [2.05, 4.69) is 32.2 Å². The van der Waals surface area contributed by atoms with Gasteiger partial charge in [0.15, 0.2) is 0 Å². The Labute approximate surface area is 120 Å². The van der Waals surface area contributed by atoms with Gasteiger partial charge in [-0.1, -0.05) is 45.4 Å². The van der Waals surface area contributed by atoms with Gasteiger partial charge in [0.25, 0.3) is 0 Å². The van der Waals surface area contributed by atoms with Crippen LogP contribution in [0.2, 0.25) is 0 Å². The summed E-state index contributed by atoms with van der Waals surface area (Å²) in [5.74, 6) is 0.187. The van der Waals surface area contributed by atoms with Gasteiger partial charge < -0.3 is 15.2 Å². The first-order chi connectivity index (χ1) is 9.41. The van der Waals surface area contributed by atoms with Crippen molar-refractivity contribution in [3.05, 3.63) is 29.3 Å². The van der Waals surface area contributed by atoms with Crippen LogP contribution in [-0.4, -0.2) is 12.0 Å².